The number of hydrogen-bond acceptors (Lipinski definition) is 2. The van der Waals surface area contributed by atoms with Crippen LogP contribution in [-0.4, -0.2) is 35.3 Å². The van der Waals surface area contributed by atoms with E-state index in [4.69, 9.17) is 6.42 Å². The Hall–Kier alpha value is -1.50. The molecule has 0 bridgehead atoms. The van der Waals surface area contributed by atoms with Crippen LogP contribution in [0.1, 0.15) is 52.9 Å². The van der Waals surface area contributed by atoms with Gasteiger partial charge in [-0.25, -0.2) is 0 Å². The van der Waals surface area contributed by atoms with Crippen LogP contribution in [0.25, 0.3) is 0 Å². The van der Waals surface area contributed by atoms with Gasteiger partial charge in [0.15, 0.2) is 0 Å². The van der Waals surface area contributed by atoms with Gasteiger partial charge in [0.2, 0.25) is 11.8 Å². The van der Waals surface area contributed by atoms with Crippen LogP contribution in [0, 0.1) is 18.3 Å². The van der Waals surface area contributed by atoms with Crippen molar-refractivity contribution in [2.45, 2.75) is 65.0 Å². The number of hydrogen-bond donors (Lipinski definition) is 1. The molecule has 0 saturated carbocycles. The van der Waals surface area contributed by atoms with E-state index >= 15 is 0 Å². The van der Waals surface area contributed by atoms with Crippen LogP contribution in [0.5, 0.6) is 0 Å². The van der Waals surface area contributed by atoms with Crippen LogP contribution in [0.15, 0.2) is 0 Å². The highest BCUT2D eigenvalue weighted by Gasteiger charge is 2.40. The Balaban J connectivity index is 2.76. The van der Waals surface area contributed by atoms with Gasteiger partial charge < -0.3 is 10.2 Å². The number of piperazine rings is 1. The lowest BCUT2D eigenvalue weighted by Crippen LogP contribution is -2.64. The maximum Gasteiger partial charge on any atom is 0.245 e. The van der Waals surface area contributed by atoms with E-state index in [0.717, 1.165) is 25.7 Å². The fraction of sp³-hybridized carbons (Fsp3) is 0.750. The molecule has 1 N–H and O–H groups in total. The van der Waals surface area contributed by atoms with Crippen molar-refractivity contribution in [1.29, 1.82) is 0 Å². The van der Waals surface area contributed by atoms with Gasteiger partial charge in [0.1, 0.15) is 12.1 Å². The van der Waals surface area contributed by atoms with E-state index in [1.165, 1.54) is 0 Å². The molecule has 1 rings (SSSR count). The van der Waals surface area contributed by atoms with Gasteiger partial charge in [0.05, 0.1) is 0 Å². The van der Waals surface area contributed by atoms with Crippen LogP contribution in [0.2, 0.25) is 0 Å². The SMILES string of the molecule is C#CCCCCN1C(=O)C(CCC)NC(=O)C1C(C)C. The minimum absolute atomic E-state index is 0.0185. The van der Waals surface area contributed by atoms with Gasteiger partial charge in [-0.1, -0.05) is 27.2 Å². The van der Waals surface area contributed by atoms with Crippen molar-refractivity contribution in [2.75, 3.05) is 6.54 Å². The third-order valence-electron chi connectivity index (χ3n) is 3.68. The second kappa shape index (κ2) is 7.94. The van der Waals surface area contributed by atoms with E-state index in [1.807, 2.05) is 20.8 Å². The summed E-state index contributed by atoms with van der Waals surface area (Å²) < 4.78 is 0. The molecule has 0 aromatic heterocycles. The fourth-order valence-corrected chi connectivity index (χ4v) is 2.70. The first-order valence-corrected chi connectivity index (χ1v) is 7.57. The summed E-state index contributed by atoms with van der Waals surface area (Å²) in [7, 11) is 0. The molecule has 1 saturated heterocycles. The predicted octanol–water partition coefficient (Wildman–Crippen LogP) is 1.94. The number of rotatable bonds is 7. The lowest BCUT2D eigenvalue weighted by molar-refractivity contribution is -0.151. The number of carbonyl (C=O) groups excluding carboxylic acids is 2. The van der Waals surface area contributed by atoms with E-state index in [0.29, 0.717) is 13.0 Å². The van der Waals surface area contributed by atoms with Crippen LogP contribution in [0.4, 0.5) is 0 Å². The number of terminal acetylenes is 1. The van der Waals surface area contributed by atoms with Gasteiger partial charge in [-0.15, -0.1) is 12.3 Å². The van der Waals surface area contributed by atoms with E-state index < -0.39 is 0 Å². The third-order valence-corrected chi connectivity index (χ3v) is 3.68. The average molecular weight is 278 g/mol. The summed E-state index contributed by atoms with van der Waals surface area (Å²) in [5.74, 6) is 2.77. The molecule has 0 aliphatic carbocycles. The number of unbranched alkanes of at least 4 members (excludes halogenated alkanes) is 2. The average Bonchev–Trinajstić information content (AvgIpc) is 2.39. The molecule has 2 unspecified atom stereocenters. The zero-order valence-corrected chi connectivity index (χ0v) is 12.8. The minimum Gasteiger partial charge on any atom is -0.342 e. The smallest absolute Gasteiger partial charge is 0.245 e. The van der Waals surface area contributed by atoms with Gasteiger partial charge >= 0.3 is 0 Å². The first kappa shape index (κ1) is 16.6. The van der Waals surface area contributed by atoms with Crippen LogP contribution >= 0.6 is 0 Å². The summed E-state index contributed by atoms with van der Waals surface area (Å²) in [6, 6.07) is -0.698. The molecule has 112 valence electrons. The van der Waals surface area contributed by atoms with E-state index in [2.05, 4.69) is 11.2 Å². The lowest BCUT2D eigenvalue weighted by Gasteiger charge is -2.41. The number of nitrogens with zero attached hydrogens (tertiary/aromatic N) is 1. The number of nitrogens with one attached hydrogen (secondary N) is 1. The van der Waals surface area contributed by atoms with Crippen LogP contribution in [0.3, 0.4) is 0 Å². The van der Waals surface area contributed by atoms with Crippen molar-refractivity contribution < 1.29 is 9.59 Å². The van der Waals surface area contributed by atoms with Gasteiger partial charge in [0, 0.05) is 13.0 Å². The molecule has 1 heterocycles. The second-order valence-corrected chi connectivity index (χ2v) is 5.73. The molecular weight excluding hydrogens is 252 g/mol. The molecule has 2 amide bonds. The van der Waals surface area contributed by atoms with Crippen molar-refractivity contribution in [2.24, 2.45) is 5.92 Å². The predicted molar refractivity (Wildman–Crippen MR) is 79.9 cm³/mol. The summed E-state index contributed by atoms with van der Waals surface area (Å²) in [4.78, 5) is 26.5. The van der Waals surface area contributed by atoms with E-state index in [9.17, 15) is 9.59 Å². The lowest BCUT2D eigenvalue weighted by atomic mass is 9.95. The summed E-state index contributed by atoms with van der Waals surface area (Å²) in [5.41, 5.74) is 0. The zero-order chi connectivity index (χ0) is 15.1. The van der Waals surface area contributed by atoms with Gasteiger partial charge in [-0.05, 0) is 25.2 Å². The normalized spacial score (nSPS) is 22.9. The summed E-state index contributed by atoms with van der Waals surface area (Å²) in [5, 5.41) is 2.87. The van der Waals surface area contributed by atoms with Crippen molar-refractivity contribution >= 4 is 11.8 Å². The molecule has 1 aliphatic rings. The monoisotopic (exact) mass is 278 g/mol. The largest absolute Gasteiger partial charge is 0.342 e. The molecular formula is C16H26N2O2. The third kappa shape index (κ3) is 4.00. The Kier molecular flexibility index (Phi) is 6.57. The molecule has 1 aliphatic heterocycles. The summed E-state index contributed by atoms with van der Waals surface area (Å²) in [6.45, 7) is 6.60. The Labute approximate surface area is 122 Å². The summed E-state index contributed by atoms with van der Waals surface area (Å²) in [6.07, 6.45) is 9.29. The highest BCUT2D eigenvalue weighted by atomic mass is 16.2. The molecule has 4 heteroatoms. The maximum atomic E-state index is 12.5. The molecule has 0 radical (unpaired) electrons. The van der Waals surface area contributed by atoms with E-state index in [1.54, 1.807) is 4.90 Å². The van der Waals surface area contributed by atoms with Crippen molar-refractivity contribution in [3.05, 3.63) is 0 Å². The maximum absolute atomic E-state index is 12.5. The molecule has 1 fully saturated rings. The first-order valence-electron chi connectivity index (χ1n) is 7.57. The molecule has 0 spiro atoms. The molecule has 0 aromatic rings. The van der Waals surface area contributed by atoms with E-state index in [-0.39, 0.29) is 29.8 Å². The molecule has 20 heavy (non-hydrogen) atoms. The molecule has 0 aromatic carbocycles. The Morgan fingerprint density at radius 3 is 2.60 bits per heavy atom. The second-order valence-electron chi connectivity index (χ2n) is 5.73. The molecule has 4 nitrogen and oxygen atoms in total. The Bertz CT molecular complexity index is 384. The fourth-order valence-electron chi connectivity index (χ4n) is 2.70. The summed E-state index contributed by atoms with van der Waals surface area (Å²) >= 11 is 0. The van der Waals surface area contributed by atoms with Crippen molar-refractivity contribution in [3.63, 3.8) is 0 Å². The molecule has 2 atom stereocenters. The number of amides is 2. The van der Waals surface area contributed by atoms with Crippen molar-refractivity contribution in [3.8, 4) is 12.3 Å². The standard InChI is InChI=1S/C16H26N2O2/c1-5-7-8-9-11-18-14(12(3)4)15(19)17-13(10-6-2)16(18)20/h1,12-14H,6-11H2,2-4H3,(H,17,19). The highest BCUT2D eigenvalue weighted by molar-refractivity contribution is 5.97. The Morgan fingerprint density at radius 1 is 1.35 bits per heavy atom. The quantitative estimate of drug-likeness (QED) is 0.571. The zero-order valence-electron chi connectivity index (χ0n) is 12.8. The van der Waals surface area contributed by atoms with Crippen LogP contribution in [-0.2, 0) is 9.59 Å². The minimum atomic E-state index is -0.352. The first-order chi connectivity index (χ1) is 9.52. The van der Waals surface area contributed by atoms with Gasteiger partial charge in [0.25, 0.3) is 0 Å². The van der Waals surface area contributed by atoms with Gasteiger partial charge in [-0.3, -0.25) is 9.59 Å². The Morgan fingerprint density at radius 2 is 2.05 bits per heavy atom. The van der Waals surface area contributed by atoms with Crippen molar-refractivity contribution in [1.82, 2.24) is 10.2 Å². The van der Waals surface area contributed by atoms with Crippen LogP contribution < -0.4 is 5.32 Å². The van der Waals surface area contributed by atoms with Gasteiger partial charge in [-0.2, -0.15) is 0 Å². The highest BCUT2D eigenvalue weighted by Crippen LogP contribution is 2.20. The number of carbonyl (C=O) groups is 2. The topological polar surface area (TPSA) is 49.4 Å².